The van der Waals surface area contributed by atoms with Gasteiger partial charge in [0.15, 0.2) is 23.2 Å². The van der Waals surface area contributed by atoms with Gasteiger partial charge in [0, 0.05) is 25.5 Å². The molecule has 31 heavy (non-hydrogen) atoms. The van der Waals surface area contributed by atoms with E-state index in [-0.39, 0.29) is 49.0 Å². The molecule has 164 valence electrons. The van der Waals surface area contributed by atoms with Crippen molar-refractivity contribution in [1.82, 2.24) is 9.97 Å². The van der Waals surface area contributed by atoms with Crippen molar-refractivity contribution in [1.29, 1.82) is 0 Å². The smallest absolute Gasteiger partial charge is 0.265 e. The van der Waals surface area contributed by atoms with Crippen molar-refractivity contribution in [2.45, 2.75) is 32.2 Å². The number of benzene rings is 1. The minimum Gasteiger partial charge on any atom is -0.396 e. The highest BCUT2D eigenvalue weighted by atomic mass is 19.3. The van der Waals surface area contributed by atoms with Crippen LogP contribution in [0.4, 0.5) is 23.4 Å². The van der Waals surface area contributed by atoms with E-state index < -0.39 is 29.9 Å². The molecule has 2 aromatic rings. The molecule has 1 aromatic carbocycles. The van der Waals surface area contributed by atoms with Gasteiger partial charge in [-0.3, -0.25) is 9.79 Å². The van der Waals surface area contributed by atoms with Gasteiger partial charge in [-0.25, -0.2) is 27.5 Å². The Morgan fingerprint density at radius 1 is 1.29 bits per heavy atom. The van der Waals surface area contributed by atoms with Crippen LogP contribution >= 0.6 is 0 Å². The van der Waals surface area contributed by atoms with Gasteiger partial charge < -0.3 is 10.6 Å². The number of anilines is 1. The molecule has 3 rings (SSSR count). The molecule has 6 nitrogen and oxygen atoms in total. The van der Waals surface area contributed by atoms with E-state index in [1.807, 2.05) is 0 Å². The summed E-state index contributed by atoms with van der Waals surface area (Å²) in [6.07, 6.45) is 1.96. The second-order valence-electron chi connectivity index (χ2n) is 7.19. The Labute approximate surface area is 176 Å². The topological polar surface area (TPSA) is 84.5 Å². The molecule has 1 aliphatic rings. The van der Waals surface area contributed by atoms with E-state index in [0.717, 1.165) is 11.1 Å². The first kappa shape index (κ1) is 22.4. The normalized spacial score (nSPS) is 17.0. The Kier molecular flexibility index (Phi) is 6.67. The monoisotopic (exact) mass is 435 g/mol. The zero-order chi connectivity index (χ0) is 22.6. The van der Waals surface area contributed by atoms with Crippen LogP contribution in [-0.2, 0) is 11.3 Å². The zero-order valence-corrected chi connectivity index (χ0v) is 16.8. The van der Waals surface area contributed by atoms with Gasteiger partial charge >= 0.3 is 0 Å². The molecule has 1 fully saturated rings. The maximum atomic E-state index is 14.2. The predicted molar refractivity (Wildman–Crippen MR) is 109 cm³/mol. The van der Waals surface area contributed by atoms with Crippen LogP contribution in [-0.4, -0.2) is 40.5 Å². The summed E-state index contributed by atoms with van der Waals surface area (Å²) in [5, 5.41) is 0. The molecule has 1 aliphatic heterocycles. The Morgan fingerprint density at radius 2 is 2.03 bits per heavy atom. The Balaban J connectivity index is 1.87. The van der Waals surface area contributed by atoms with Gasteiger partial charge in [-0.2, -0.15) is 0 Å². The lowest BCUT2D eigenvalue weighted by molar-refractivity contribution is -0.111. The first-order chi connectivity index (χ1) is 14.7. The quantitative estimate of drug-likeness (QED) is 0.555. The minimum absolute atomic E-state index is 0.0558. The van der Waals surface area contributed by atoms with Crippen LogP contribution < -0.4 is 10.6 Å². The highest BCUT2D eigenvalue weighted by molar-refractivity contribution is 6.44. The van der Waals surface area contributed by atoms with Crippen LogP contribution in [0.15, 0.2) is 41.5 Å². The summed E-state index contributed by atoms with van der Waals surface area (Å²) in [6, 6.07) is 5.99. The van der Waals surface area contributed by atoms with Gasteiger partial charge in [0.2, 0.25) is 0 Å². The second-order valence-corrected chi connectivity index (χ2v) is 7.19. The summed E-state index contributed by atoms with van der Waals surface area (Å²) in [5.41, 5.74) is 6.11. The molecule has 2 N–H and O–H groups in total. The minimum atomic E-state index is -2.95. The third kappa shape index (κ3) is 5.65. The van der Waals surface area contributed by atoms with E-state index in [2.05, 4.69) is 15.0 Å². The van der Waals surface area contributed by atoms with Crippen molar-refractivity contribution in [2.75, 3.05) is 18.0 Å². The lowest BCUT2D eigenvalue weighted by Crippen LogP contribution is -2.43. The van der Waals surface area contributed by atoms with E-state index >= 15 is 0 Å². The largest absolute Gasteiger partial charge is 0.396 e. The number of nitrogens with zero attached hydrogens (tertiary/aromatic N) is 4. The number of rotatable bonds is 6. The molecular weight excluding hydrogens is 414 g/mol. The average Bonchev–Trinajstić information content (AvgIpc) is 2.71. The lowest BCUT2D eigenvalue weighted by atomic mass is 10.1. The Morgan fingerprint density at radius 3 is 2.71 bits per heavy atom. The number of aliphatic imine (C=N–C) groups is 1. The molecule has 1 saturated heterocycles. The van der Waals surface area contributed by atoms with Gasteiger partial charge in [0.25, 0.3) is 5.92 Å². The number of aromatic nitrogens is 2. The van der Waals surface area contributed by atoms with Gasteiger partial charge in [0.05, 0.1) is 25.0 Å². The van der Waals surface area contributed by atoms with E-state index in [1.165, 1.54) is 31.2 Å². The number of alkyl halides is 2. The highest BCUT2D eigenvalue weighted by Gasteiger charge is 2.36. The second kappa shape index (κ2) is 9.23. The third-order valence-corrected chi connectivity index (χ3v) is 4.71. The van der Waals surface area contributed by atoms with Gasteiger partial charge in [-0.1, -0.05) is 18.2 Å². The van der Waals surface area contributed by atoms with E-state index in [4.69, 9.17) is 5.73 Å². The number of Topliss-reactive ketones (excluding diaryl/α,β-unsaturated/α-hetero) is 1. The van der Waals surface area contributed by atoms with Crippen LogP contribution in [0.2, 0.25) is 0 Å². The van der Waals surface area contributed by atoms with Crippen molar-refractivity contribution in [3.8, 4) is 0 Å². The van der Waals surface area contributed by atoms with Crippen molar-refractivity contribution in [3.63, 3.8) is 0 Å². The average molecular weight is 435 g/mol. The molecule has 0 spiro atoms. The standard InChI is InChI=1S/C21H21F4N5O/c1-13(31)18(27-10-14-5-2-3-6-15(14)22)9-17(26)19-28-11-16(23)20(29-19)30-8-4-7-21(24,25)12-30/h2-3,5-6,9,11H,4,7-8,10,12,26H2,1H3. The van der Waals surface area contributed by atoms with Crippen molar-refractivity contribution in [3.05, 3.63) is 59.6 Å². The first-order valence-electron chi connectivity index (χ1n) is 9.58. The molecular formula is C21H21F4N5O. The summed E-state index contributed by atoms with van der Waals surface area (Å²) >= 11 is 0. The fourth-order valence-electron chi connectivity index (χ4n) is 3.13. The molecule has 0 aliphatic carbocycles. The fraction of sp³-hybridized carbons (Fsp3) is 0.333. The summed E-state index contributed by atoms with van der Waals surface area (Å²) in [4.78, 5) is 25.0. The summed E-state index contributed by atoms with van der Waals surface area (Å²) in [6.45, 7) is 0.725. The number of hydrogen-bond acceptors (Lipinski definition) is 6. The molecule has 0 atom stereocenters. The first-order valence-corrected chi connectivity index (χ1v) is 9.58. The number of piperidine rings is 1. The molecule has 0 amide bonds. The Bertz CT molecular complexity index is 1040. The van der Waals surface area contributed by atoms with Crippen LogP contribution in [0.5, 0.6) is 0 Å². The zero-order valence-electron chi connectivity index (χ0n) is 16.8. The third-order valence-electron chi connectivity index (χ3n) is 4.71. The van der Waals surface area contributed by atoms with E-state index in [0.29, 0.717) is 5.56 Å². The maximum absolute atomic E-state index is 14.2. The summed E-state index contributed by atoms with van der Waals surface area (Å²) in [7, 11) is 0. The molecule has 0 radical (unpaired) electrons. The van der Waals surface area contributed by atoms with Crippen LogP contribution in [0.3, 0.4) is 0 Å². The van der Waals surface area contributed by atoms with Crippen LogP contribution in [0.25, 0.3) is 5.70 Å². The molecule has 10 heteroatoms. The van der Waals surface area contributed by atoms with Gasteiger partial charge in [0.1, 0.15) is 11.5 Å². The van der Waals surface area contributed by atoms with Crippen molar-refractivity contribution in [2.24, 2.45) is 10.7 Å². The van der Waals surface area contributed by atoms with Crippen molar-refractivity contribution < 1.29 is 22.4 Å². The molecule has 0 unspecified atom stereocenters. The number of hydrogen-bond donors (Lipinski definition) is 1. The number of allylic oxidation sites excluding steroid dienone is 1. The SMILES string of the molecule is CC(=O)C(C=C(N)c1ncc(F)c(N2CCCC(F)(F)C2)n1)=NCc1ccccc1F. The molecule has 0 saturated carbocycles. The number of carbonyl (C=O) groups excluding carboxylic acids is 1. The Hall–Kier alpha value is -3.30. The van der Waals surface area contributed by atoms with Crippen molar-refractivity contribution >= 4 is 23.0 Å². The van der Waals surface area contributed by atoms with Gasteiger partial charge in [-0.15, -0.1) is 0 Å². The maximum Gasteiger partial charge on any atom is 0.265 e. The molecule has 2 heterocycles. The van der Waals surface area contributed by atoms with Gasteiger partial charge in [-0.05, 0) is 18.6 Å². The number of ketones is 1. The lowest BCUT2D eigenvalue weighted by Gasteiger charge is -2.33. The summed E-state index contributed by atoms with van der Waals surface area (Å²) in [5.74, 6) is -5.11. The van der Waals surface area contributed by atoms with Crippen LogP contribution in [0, 0.1) is 11.6 Å². The number of nitrogens with two attached hydrogens (primary N) is 1. The molecule has 1 aromatic heterocycles. The molecule has 0 bridgehead atoms. The summed E-state index contributed by atoms with van der Waals surface area (Å²) < 4.78 is 55.4. The number of carbonyl (C=O) groups is 1. The predicted octanol–water partition coefficient (Wildman–Crippen LogP) is 3.52. The van der Waals surface area contributed by atoms with E-state index in [9.17, 15) is 22.4 Å². The van der Waals surface area contributed by atoms with E-state index in [1.54, 1.807) is 6.07 Å². The fourth-order valence-corrected chi connectivity index (χ4v) is 3.13. The highest BCUT2D eigenvalue weighted by Crippen LogP contribution is 2.30. The number of halogens is 4. The van der Waals surface area contributed by atoms with Crippen LogP contribution in [0.1, 0.15) is 31.2 Å².